The zero-order valence-corrected chi connectivity index (χ0v) is 15.7. The first-order valence-corrected chi connectivity index (χ1v) is 8.67. The largest absolute Gasteiger partial charge is 0.497 e. The highest BCUT2D eigenvalue weighted by molar-refractivity contribution is 5.85. The Bertz CT molecular complexity index is 760. The molecule has 0 bridgehead atoms. The fourth-order valence-corrected chi connectivity index (χ4v) is 2.31. The van der Waals surface area contributed by atoms with E-state index >= 15 is 0 Å². The molecule has 0 fully saturated rings. The Hall–Kier alpha value is -3.22. The van der Waals surface area contributed by atoms with Gasteiger partial charge >= 0.3 is 0 Å². The van der Waals surface area contributed by atoms with E-state index < -0.39 is 0 Å². The van der Waals surface area contributed by atoms with Crippen molar-refractivity contribution in [3.63, 3.8) is 0 Å². The zero-order chi connectivity index (χ0) is 19.6. The molecule has 7 heteroatoms. The maximum Gasteiger partial charge on any atom is 0.257 e. The third-order valence-corrected chi connectivity index (χ3v) is 3.52. The minimum atomic E-state index is -0.351. The summed E-state index contributed by atoms with van der Waals surface area (Å²) in [5.74, 6) is 0.786. The molecule has 2 aromatic rings. The Morgan fingerprint density at radius 3 is 2.33 bits per heavy atom. The van der Waals surface area contributed by atoms with E-state index in [0.717, 1.165) is 17.0 Å². The lowest BCUT2D eigenvalue weighted by molar-refractivity contribution is -0.127. The van der Waals surface area contributed by atoms with E-state index in [1.54, 1.807) is 31.4 Å². The average Bonchev–Trinajstić information content (AvgIpc) is 2.65. The van der Waals surface area contributed by atoms with Crippen LogP contribution in [0.2, 0.25) is 0 Å². The van der Waals surface area contributed by atoms with Gasteiger partial charge in [-0.05, 0) is 55.8 Å². The van der Waals surface area contributed by atoms with Gasteiger partial charge in [-0.25, -0.2) is 0 Å². The van der Waals surface area contributed by atoms with Crippen LogP contribution in [0.1, 0.15) is 19.4 Å². The number of carbonyl (C=O) groups is 2. The van der Waals surface area contributed by atoms with Gasteiger partial charge in [0.25, 0.3) is 5.91 Å². The van der Waals surface area contributed by atoms with E-state index in [0.29, 0.717) is 5.75 Å². The van der Waals surface area contributed by atoms with Gasteiger partial charge in [0.2, 0.25) is 5.91 Å². The number of hydrogen-bond donors (Lipinski definition) is 3. The van der Waals surface area contributed by atoms with Gasteiger partial charge in [0.15, 0.2) is 0 Å². The second-order valence-corrected chi connectivity index (χ2v) is 6.17. The lowest BCUT2D eigenvalue weighted by atomic mass is 10.1. The Morgan fingerprint density at radius 2 is 1.67 bits per heavy atom. The fourth-order valence-electron chi connectivity index (χ4n) is 2.31. The van der Waals surface area contributed by atoms with E-state index in [1.807, 2.05) is 38.1 Å². The van der Waals surface area contributed by atoms with Gasteiger partial charge in [-0.3, -0.25) is 20.4 Å². The van der Waals surface area contributed by atoms with Crippen LogP contribution in [0.15, 0.2) is 48.5 Å². The van der Waals surface area contributed by atoms with Gasteiger partial charge in [-0.1, -0.05) is 12.1 Å². The van der Waals surface area contributed by atoms with Crippen molar-refractivity contribution < 1.29 is 19.1 Å². The summed E-state index contributed by atoms with van der Waals surface area (Å²) in [6.45, 7) is 3.91. The molecule has 0 aromatic heterocycles. The molecule has 0 spiro atoms. The fraction of sp³-hybridized carbons (Fsp3) is 0.300. The van der Waals surface area contributed by atoms with Crippen molar-refractivity contribution >= 4 is 17.5 Å². The highest BCUT2D eigenvalue weighted by Gasteiger charge is 2.07. The van der Waals surface area contributed by atoms with Crippen molar-refractivity contribution in [2.45, 2.75) is 26.4 Å². The molecule has 0 aliphatic carbocycles. The van der Waals surface area contributed by atoms with E-state index in [-0.39, 0.29) is 30.9 Å². The Balaban J connectivity index is 1.73. The molecule has 0 radical (unpaired) electrons. The summed E-state index contributed by atoms with van der Waals surface area (Å²) >= 11 is 0. The normalized spacial score (nSPS) is 10.2. The number of hydrazine groups is 1. The monoisotopic (exact) mass is 371 g/mol. The van der Waals surface area contributed by atoms with Crippen LogP contribution in [-0.2, 0) is 16.0 Å². The van der Waals surface area contributed by atoms with Gasteiger partial charge in [0.05, 0.1) is 26.2 Å². The van der Waals surface area contributed by atoms with Crippen molar-refractivity contribution in [3.8, 4) is 11.5 Å². The predicted octanol–water partition coefficient (Wildman–Crippen LogP) is 2.28. The van der Waals surface area contributed by atoms with Crippen LogP contribution < -0.4 is 25.6 Å². The summed E-state index contributed by atoms with van der Waals surface area (Å²) in [6, 6.07) is 14.5. The first-order chi connectivity index (χ1) is 13.0. The summed E-state index contributed by atoms with van der Waals surface area (Å²) in [6.07, 6.45) is 0.202. The number of benzene rings is 2. The van der Waals surface area contributed by atoms with Crippen molar-refractivity contribution in [3.05, 3.63) is 54.1 Å². The Kier molecular flexibility index (Phi) is 7.49. The molecule has 0 saturated carbocycles. The summed E-state index contributed by atoms with van der Waals surface area (Å²) in [5.41, 5.74) is 6.37. The third-order valence-electron chi connectivity index (χ3n) is 3.52. The second kappa shape index (κ2) is 10.1. The summed E-state index contributed by atoms with van der Waals surface area (Å²) < 4.78 is 10.7. The maximum atomic E-state index is 12.0. The molecular formula is C20H25N3O4. The van der Waals surface area contributed by atoms with Crippen LogP contribution in [0.3, 0.4) is 0 Å². The lowest BCUT2D eigenvalue weighted by Gasteiger charge is -2.11. The number of hydrogen-bond acceptors (Lipinski definition) is 5. The summed E-state index contributed by atoms with van der Waals surface area (Å²) in [7, 11) is 1.59. The number of carbonyl (C=O) groups excluding carboxylic acids is 2. The van der Waals surface area contributed by atoms with Crippen LogP contribution in [-0.4, -0.2) is 31.6 Å². The van der Waals surface area contributed by atoms with Crippen molar-refractivity contribution in [2.24, 2.45) is 0 Å². The van der Waals surface area contributed by atoms with Gasteiger partial charge < -0.3 is 14.8 Å². The molecule has 0 heterocycles. The van der Waals surface area contributed by atoms with Crippen molar-refractivity contribution in [2.75, 3.05) is 19.0 Å². The SMILES string of the molecule is COc1ccc(NCC(=O)NNC(=O)Cc2cccc(OC(C)C)c2)cc1. The molecule has 0 atom stereocenters. The third kappa shape index (κ3) is 7.27. The molecule has 3 N–H and O–H groups in total. The highest BCUT2D eigenvalue weighted by Crippen LogP contribution is 2.15. The average molecular weight is 371 g/mol. The van der Waals surface area contributed by atoms with Crippen molar-refractivity contribution in [1.29, 1.82) is 0 Å². The topological polar surface area (TPSA) is 88.7 Å². The first kappa shape index (κ1) is 20.1. The minimum absolute atomic E-state index is 0.0321. The standard InChI is InChI=1S/C20H25N3O4/c1-14(2)27-18-6-4-5-15(11-18)12-19(24)22-23-20(25)13-21-16-7-9-17(26-3)10-8-16/h4-11,14,21H,12-13H2,1-3H3,(H,22,24)(H,23,25). The number of anilines is 1. The number of ether oxygens (including phenoxy) is 2. The van der Waals surface area contributed by atoms with Crippen LogP contribution in [0, 0.1) is 0 Å². The maximum absolute atomic E-state index is 12.0. The van der Waals surface area contributed by atoms with Gasteiger partial charge in [-0.2, -0.15) is 0 Å². The van der Waals surface area contributed by atoms with Crippen LogP contribution >= 0.6 is 0 Å². The molecule has 2 rings (SSSR count). The molecule has 2 aromatic carbocycles. The molecule has 0 saturated heterocycles. The molecule has 2 amide bonds. The van der Waals surface area contributed by atoms with Crippen LogP contribution in [0.4, 0.5) is 5.69 Å². The molecule has 0 aliphatic rings. The highest BCUT2D eigenvalue weighted by atomic mass is 16.5. The van der Waals surface area contributed by atoms with E-state index in [2.05, 4.69) is 16.2 Å². The van der Waals surface area contributed by atoms with Gasteiger partial charge in [0.1, 0.15) is 11.5 Å². The molecule has 27 heavy (non-hydrogen) atoms. The second-order valence-electron chi connectivity index (χ2n) is 6.17. The van der Waals surface area contributed by atoms with Gasteiger partial charge in [0, 0.05) is 5.69 Å². The number of nitrogens with one attached hydrogen (secondary N) is 3. The Morgan fingerprint density at radius 1 is 0.963 bits per heavy atom. The predicted molar refractivity (Wildman–Crippen MR) is 104 cm³/mol. The number of methoxy groups -OCH3 is 1. The van der Waals surface area contributed by atoms with Crippen molar-refractivity contribution in [1.82, 2.24) is 10.9 Å². The molecular weight excluding hydrogens is 346 g/mol. The number of amides is 2. The molecule has 0 aliphatic heterocycles. The quantitative estimate of drug-likeness (QED) is 0.620. The molecule has 0 unspecified atom stereocenters. The van der Waals surface area contributed by atoms with Crippen LogP contribution in [0.25, 0.3) is 0 Å². The zero-order valence-electron chi connectivity index (χ0n) is 15.7. The summed E-state index contributed by atoms with van der Waals surface area (Å²) in [5, 5.41) is 2.96. The number of rotatable bonds is 8. The van der Waals surface area contributed by atoms with E-state index in [9.17, 15) is 9.59 Å². The summed E-state index contributed by atoms with van der Waals surface area (Å²) in [4.78, 5) is 23.8. The minimum Gasteiger partial charge on any atom is -0.497 e. The molecule has 7 nitrogen and oxygen atoms in total. The lowest BCUT2D eigenvalue weighted by Crippen LogP contribution is -2.44. The van der Waals surface area contributed by atoms with E-state index in [4.69, 9.17) is 9.47 Å². The van der Waals surface area contributed by atoms with E-state index in [1.165, 1.54) is 0 Å². The Labute approximate surface area is 159 Å². The molecule has 144 valence electrons. The first-order valence-electron chi connectivity index (χ1n) is 8.67. The van der Waals surface area contributed by atoms with Gasteiger partial charge in [-0.15, -0.1) is 0 Å². The van der Waals surface area contributed by atoms with Crippen LogP contribution in [0.5, 0.6) is 11.5 Å². The smallest absolute Gasteiger partial charge is 0.257 e.